The minimum atomic E-state index is 0. The third-order valence-corrected chi connectivity index (χ3v) is 3.63. The van der Waals surface area contributed by atoms with Gasteiger partial charge < -0.3 is 10.3 Å². The second-order valence-corrected chi connectivity index (χ2v) is 5.17. The molecular formula is C14H19ClN4O. The summed E-state index contributed by atoms with van der Waals surface area (Å²) in [5, 5.41) is 6.24. The smallest absolute Gasteiger partial charge is 0.229 e. The molecule has 1 aliphatic rings. The highest BCUT2D eigenvalue weighted by Gasteiger charge is 2.25. The normalized spacial score (nSPS) is 22.2. The summed E-state index contributed by atoms with van der Waals surface area (Å²) in [6, 6.07) is 8.16. The van der Waals surface area contributed by atoms with Gasteiger partial charge >= 0.3 is 0 Å². The maximum atomic E-state index is 12.2. The Bertz CT molecular complexity index is 565. The summed E-state index contributed by atoms with van der Waals surface area (Å²) in [7, 11) is 0. The molecule has 5 nitrogen and oxygen atoms in total. The molecule has 1 saturated heterocycles. The van der Waals surface area contributed by atoms with Crippen molar-refractivity contribution in [1.29, 1.82) is 0 Å². The number of carbonyl (C=O) groups is 1. The van der Waals surface area contributed by atoms with Gasteiger partial charge in [0.25, 0.3) is 0 Å². The van der Waals surface area contributed by atoms with Gasteiger partial charge in [-0.15, -0.1) is 12.4 Å². The van der Waals surface area contributed by atoms with Crippen LogP contribution in [0.2, 0.25) is 0 Å². The van der Waals surface area contributed by atoms with Crippen LogP contribution in [0, 0.1) is 5.92 Å². The third kappa shape index (κ3) is 3.11. The van der Waals surface area contributed by atoms with Gasteiger partial charge in [0.1, 0.15) is 0 Å². The van der Waals surface area contributed by atoms with Crippen LogP contribution in [0.25, 0.3) is 11.0 Å². The van der Waals surface area contributed by atoms with Crippen LogP contribution in [0.1, 0.15) is 19.8 Å². The zero-order valence-electron chi connectivity index (χ0n) is 11.3. The molecule has 2 heterocycles. The van der Waals surface area contributed by atoms with Crippen LogP contribution < -0.4 is 10.6 Å². The minimum absolute atomic E-state index is 0. The number of piperidine rings is 1. The Balaban J connectivity index is 0.00000147. The Labute approximate surface area is 124 Å². The van der Waals surface area contributed by atoms with Crippen molar-refractivity contribution in [1.82, 2.24) is 15.3 Å². The number of nitrogens with one attached hydrogen (secondary N) is 3. The van der Waals surface area contributed by atoms with E-state index in [0.717, 1.165) is 30.4 Å². The predicted molar refractivity (Wildman–Crippen MR) is 82.2 cm³/mol. The lowest BCUT2D eigenvalue weighted by molar-refractivity contribution is -0.120. The fourth-order valence-corrected chi connectivity index (χ4v) is 2.60. The van der Waals surface area contributed by atoms with Crippen molar-refractivity contribution in [2.24, 2.45) is 5.92 Å². The van der Waals surface area contributed by atoms with Crippen LogP contribution in [-0.4, -0.2) is 28.5 Å². The van der Waals surface area contributed by atoms with E-state index in [1.807, 2.05) is 24.3 Å². The Morgan fingerprint density at radius 1 is 1.40 bits per heavy atom. The molecule has 1 aliphatic heterocycles. The second kappa shape index (κ2) is 6.24. The number of benzene rings is 1. The van der Waals surface area contributed by atoms with Gasteiger partial charge in [-0.2, -0.15) is 0 Å². The molecule has 2 aromatic rings. The molecule has 1 aromatic carbocycles. The van der Waals surface area contributed by atoms with Crippen LogP contribution in [0.3, 0.4) is 0 Å². The molecule has 6 heteroatoms. The van der Waals surface area contributed by atoms with E-state index in [2.05, 4.69) is 27.5 Å². The Morgan fingerprint density at radius 2 is 2.20 bits per heavy atom. The number of fused-ring (bicyclic) bond motifs is 1. The van der Waals surface area contributed by atoms with Crippen LogP contribution in [-0.2, 0) is 4.79 Å². The number of anilines is 1. The van der Waals surface area contributed by atoms with Gasteiger partial charge in [0, 0.05) is 12.0 Å². The fraction of sp³-hybridized carbons (Fsp3) is 0.429. The summed E-state index contributed by atoms with van der Waals surface area (Å²) in [4.78, 5) is 19.7. The van der Waals surface area contributed by atoms with Crippen molar-refractivity contribution in [2.75, 3.05) is 11.9 Å². The number of rotatable bonds is 2. The maximum absolute atomic E-state index is 12.2. The summed E-state index contributed by atoms with van der Waals surface area (Å²) in [6.45, 7) is 3.01. The highest BCUT2D eigenvalue weighted by Crippen LogP contribution is 2.19. The second-order valence-electron chi connectivity index (χ2n) is 5.17. The van der Waals surface area contributed by atoms with E-state index in [1.54, 1.807) is 0 Å². The summed E-state index contributed by atoms with van der Waals surface area (Å²) < 4.78 is 0. The van der Waals surface area contributed by atoms with Gasteiger partial charge in [0.2, 0.25) is 11.9 Å². The Kier molecular flexibility index (Phi) is 4.62. The van der Waals surface area contributed by atoms with Gasteiger partial charge in [-0.1, -0.05) is 12.1 Å². The van der Waals surface area contributed by atoms with Crippen molar-refractivity contribution in [3.63, 3.8) is 0 Å². The van der Waals surface area contributed by atoms with Gasteiger partial charge in [-0.25, -0.2) is 4.98 Å². The number of para-hydroxylation sites is 2. The number of amides is 1. The molecule has 2 atom stereocenters. The van der Waals surface area contributed by atoms with Crippen LogP contribution in [0.15, 0.2) is 24.3 Å². The standard InChI is InChI=1S/C14H18N4O.ClH/c1-9-8-10(6-7-15-9)13(19)18-14-16-11-4-2-3-5-12(11)17-14;/h2-5,9-10,15H,6-8H2,1H3,(H2,16,17,18,19);1H/t9-,10-;/m0./s1. The van der Waals surface area contributed by atoms with Crippen LogP contribution >= 0.6 is 12.4 Å². The van der Waals surface area contributed by atoms with Crippen molar-refractivity contribution in [3.05, 3.63) is 24.3 Å². The quantitative estimate of drug-likeness (QED) is 0.796. The van der Waals surface area contributed by atoms with Crippen LogP contribution in [0.4, 0.5) is 5.95 Å². The molecule has 0 saturated carbocycles. The largest absolute Gasteiger partial charge is 0.324 e. The zero-order valence-corrected chi connectivity index (χ0v) is 12.2. The van der Waals surface area contributed by atoms with E-state index in [9.17, 15) is 4.79 Å². The molecule has 0 spiro atoms. The van der Waals surface area contributed by atoms with E-state index >= 15 is 0 Å². The van der Waals surface area contributed by atoms with Crippen molar-refractivity contribution >= 4 is 35.3 Å². The average Bonchev–Trinajstić information content (AvgIpc) is 2.80. The molecule has 0 unspecified atom stereocenters. The lowest BCUT2D eigenvalue weighted by Gasteiger charge is -2.26. The summed E-state index contributed by atoms with van der Waals surface area (Å²) in [5.74, 6) is 0.675. The predicted octanol–water partition coefficient (Wildman–Crippen LogP) is 2.31. The van der Waals surface area contributed by atoms with Gasteiger partial charge in [0.15, 0.2) is 0 Å². The number of carbonyl (C=O) groups excluding carboxylic acids is 1. The number of nitrogens with zero attached hydrogens (tertiary/aromatic N) is 1. The molecule has 0 bridgehead atoms. The Morgan fingerprint density at radius 3 is 2.95 bits per heavy atom. The first kappa shape index (κ1) is 14.8. The molecule has 20 heavy (non-hydrogen) atoms. The number of aromatic amines is 1. The van der Waals surface area contributed by atoms with Gasteiger partial charge in [0.05, 0.1) is 11.0 Å². The molecule has 108 valence electrons. The van der Waals surface area contributed by atoms with Crippen molar-refractivity contribution in [2.45, 2.75) is 25.8 Å². The maximum Gasteiger partial charge on any atom is 0.229 e. The third-order valence-electron chi connectivity index (χ3n) is 3.63. The van der Waals surface area contributed by atoms with E-state index < -0.39 is 0 Å². The van der Waals surface area contributed by atoms with Crippen LogP contribution in [0.5, 0.6) is 0 Å². The minimum Gasteiger partial charge on any atom is -0.324 e. The fourth-order valence-electron chi connectivity index (χ4n) is 2.60. The summed E-state index contributed by atoms with van der Waals surface area (Å²) in [6.07, 6.45) is 1.77. The number of imidazole rings is 1. The topological polar surface area (TPSA) is 69.8 Å². The zero-order chi connectivity index (χ0) is 13.2. The molecule has 0 radical (unpaired) electrons. The first-order valence-corrected chi connectivity index (χ1v) is 6.71. The highest BCUT2D eigenvalue weighted by molar-refractivity contribution is 5.92. The highest BCUT2D eigenvalue weighted by atomic mass is 35.5. The Hall–Kier alpha value is -1.59. The van der Waals surface area contributed by atoms with E-state index in [-0.39, 0.29) is 24.2 Å². The number of halogens is 1. The molecule has 1 aromatic heterocycles. The number of H-pyrrole nitrogens is 1. The van der Waals surface area contributed by atoms with E-state index in [1.165, 1.54) is 0 Å². The number of hydrogen-bond acceptors (Lipinski definition) is 3. The molecule has 3 rings (SSSR count). The van der Waals surface area contributed by atoms with E-state index in [4.69, 9.17) is 0 Å². The molecule has 3 N–H and O–H groups in total. The number of aromatic nitrogens is 2. The summed E-state index contributed by atoms with van der Waals surface area (Å²) >= 11 is 0. The van der Waals surface area contributed by atoms with Crippen molar-refractivity contribution in [3.8, 4) is 0 Å². The SMILES string of the molecule is C[C@H]1C[C@@H](C(=O)Nc2nc3ccccc3[nH]2)CCN1.Cl. The summed E-state index contributed by atoms with van der Waals surface area (Å²) in [5.41, 5.74) is 1.81. The molecule has 1 amide bonds. The van der Waals surface area contributed by atoms with E-state index in [0.29, 0.717) is 12.0 Å². The number of hydrogen-bond donors (Lipinski definition) is 3. The lowest BCUT2D eigenvalue weighted by Crippen LogP contribution is -2.40. The molecule has 0 aliphatic carbocycles. The molecule has 1 fully saturated rings. The first-order valence-electron chi connectivity index (χ1n) is 6.71. The van der Waals surface area contributed by atoms with Gasteiger partial charge in [-0.3, -0.25) is 10.1 Å². The average molecular weight is 295 g/mol. The first-order chi connectivity index (χ1) is 9.22. The van der Waals surface area contributed by atoms with Gasteiger partial charge in [-0.05, 0) is 38.4 Å². The lowest BCUT2D eigenvalue weighted by atomic mass is 9.92. The molecular weight excluding hydrogens is 276 g/mol. The monoisotopic (exact) mass is 294 g/mol. The van der Waals surface area contributed by atoms with Crippen molar-refractivity contribution < 1.29 is 4.79 Å².